The number of sulfone groups is 1. The van der Waals surface area contributed by atoms with Crippen LogP contribution in [-0.4, -0.2) is 58.5 Å². The van der Waals surface area contributed by atoms with Gasteiger partial charge in [0.15, 0.2) is 9.84 Å². The van der Waals surface area contributed by atoms with Crippen molar-refractivity contribution >= 4 is 38.4 Å². The Hall–Kier alpha value is -3.53. The lowest BCUT2D eigenvalue weighted by Crippen LogP contribution is -2.44. The molecular formula is C23H23N5O4S. The topological polar surface area (TPSA) is 125 Å². The number of aromatic nitrogens is 2. The Balaban J connectivity index is 1.43. The second-order valence-corrected chi connectivity index (χ2v) is 10.6. The number of hydrazone groups is 1. The number of aromatic amines is 1. The molecule has 2 N–H and O–H groups in total. The molecule has 3 heterocycles. The lowest BCUT2D eigenvalue weighted by Gasteiger charge is -2.28. The van der Waals surface area contributed by atoms with Crippen molar-refractivity contribution in [2.75, 3.05) is 11.5 Å². The van der Waals surface area contributed by atoms with E-state index in [1.54, 1.807) is 6.33 Å². The Morgan fingerprint density at radius 1 is 1.12 bits per heavy atom. The molecule has 33 heavy (non-hydrogen) atoms. The van der Waals surface area contributed by atoms with Crippen LogP contribution in [-0.2, 0) is 19.4 Å². The highest BCUT2D eigenvalue weighted by Crippen LogP contribution is 2.26. The predicted octanol–water partition coefficient (Wildman–Crippen LogP) is 1.93. The van der Waals surface area contributed by atoms with Crippen LogP contribution in [0.1, 0.15) is 36.4 Å². The monoisotopic (exact) mass is 465 g/mol. The average Bonchev–Trinajstić information content (AvgIpc) is 3.43. The second kappa shape index (κ2) is 8.43. The maximum atomic E-state index is 13.2. The molecule has 10 heteroatoms. The molecule has 0 bridgehead atoms. The highest BCUT2D eigenvalue weighted by Gasteiger charge is 2.37. The van der Waals surface area contributed by atoms with Crippen LogP contribution in [0.5, 0.6) is 0 Å². The number of H-pyrrole nitrogens is 1. The first-order chi connectivity index (χ1) is 15.9. The molecule has 2 atom stereocenters. The first-order valence-electron chi connectivity index (χ1n) is 10.8. The van der Waals surface area contributed by atoms with Gasteiger partial charge >= 0.3 is 0 Å². The molecule has 1 aromatic heterocycles. The Morgan fingerprint density at radius 3 is 2.70 bits per heavy atom. The van der Waals surface area contributed by atoms with Gasteiger partial charge in [0.05, 0.1) is 41.0 Å². The number of hydrogen-bond acceptors (Lipinski definition) is 6. The number of nitrogens with zero attached hydrogens (tertiary/aromatic N) is 3. The van der Waals surface area contributed by atoms with Gasteiger partial charge in [-0.25, -0.2) is 18.4 Å². The van der Waals surface area contributed by atoms with Crippen molar-refractivity contribution in [3.8, 4) is 0 Å². The van der Waals surface area contributed by atoms with Gasteiger partial charge in [-0.05, 0) is 29.7 Å². The summed E-state index contributed by atoms with van der Waals surface area (Å²) in [6, 6.07) is 14.4. The zero-order valence-electron chi connectivity index (χ0n) is 17.8. The molecule has 0 unspecified atom stereocenters. The predicted molar refractivity (Wildman–Crippen MR) is 123 cm³/mol. The minimum atomic E-state index is -3.18. The Bertz CT molecular complexity index is 1350. The molecule has 170 valence electrons. The van der Waals surface area contributed by atoms with Gasteiger partial charge in [-0.15, -0.1) is 0 Å². The van der Waals surface area contributed by atoms with E-state index in [1.165, 1.54) is 5.01 Å². The summed E-state index contributed by atoms with van der Waals surface area (Å²) in [7, 11) is -3.18. The summed E-state index contributed by atoms with van der Waals surface area (Å²) >= 11 is 0. The molecule has 0 spiro atoms. The van der Waals surface area contributed by atoms with Crippen LogP contribution in [0.15, 0.2) is 60.0 Å². The molecule has 1 fully saturated rings. The first-order valence-corrected chi connectivity index (χ1v) is 12.6. The molecule has 0 saturated carbocycles. The quantitative estimate of drug-likeness (QED) is 0.596. The first kappa shape index (κ1) is 21.3. The van der Waals surface area contributed by atoms with Crippen LogP contribution < -0.4 is 5.32 Å². The molecule has 3 aromatic rings. The highest BCUT2D eigenvalue weighted by molar-refractivity contribution is 7.91. The smallest absolute Gasteiger partial charge is 0.268 e. The van der Waals surface area contributed by atoms with Gasteiger partial charge in [0.2, 0.25) is 5.91 Å². The number of carbonyl (C=O) groups excluding carboxylic acids is 2. The fourth-order valence-electron chi connectivity index (χ4n) is 4.34. The SMILES string of the molecule is O=C(N[C@H](c1ccccc1)c1ccc2nc[nH]c2c1)C1=NN([C@H]2CCS(=O)(=O)C2)C(=O)CC1. The summed E-state index contributed by atoms with van der Waals surface area (Å²) < 4.78 is 23.7. The highest BCUT2D eigenvalue weighted by atomic mass is 32.2. The number of benzene rings is 2. The van der Waals surface area contributed by atoms with E-state index in [9.17, 15) is 18.0 Å². The van der Waals surface area contributed by atoms with E-state index in [2.05, 4.69) is 20.4 Å². The van der Waals surface area contributed by atoms with E-state index in [0.717, 1.165) is 22.2 Å². The molecule has 0 radical (unpaired) electrons. The van der Waals surface area contributed by atoms with E-state index in [4.69, 9.17) is 0 Å². The van der Waals surface area contributed by atoms with Crippen LogP contribution in [0.2, 0.25) is 0 Å². The molecule has 2 amide bonds. The van der Waals surface area contributed by atoms with Crippen LogP contribution in [0.3, 0.4) is 0 Å². The maximum absolute atomic E-state index is 13.2. The van der Waals surface area contributed by atoms with Gasteiger partial charge in [0.1, 0.15) is 5.71 Å². The van der Waals surface area contributed by atoms with Crippen molar-refractivity contribution in [1.82, 2.24) is 20.3 Å². The fourth-order valence-corrected chi connectivity index (χ4v) is 6.03. The van der Waals surface area contributed by atoms with Gasteiger partial charge in [0.25, 0.3) is 5.91 Å². The molecule has 9 nitrogen and oxygen atoms in total. The average molecular weight is 466 g/mol. The van der Waals surface area contributed by atoms with Crippen LogP contribution >= 0.6 is 0 Å². The zero-order chi connectivity index (χ0) is 23.0. The summed E-state index contributed by atoms with van der Waals surface area (Å²) in [6.45, 7) is 0. The van der Waals surface area contributed by atoms with Crippen molar-refractivity contribution < 1.29 is 18.0 Å². The van der Waals surface area contributed by atoms with Crippen LogP contribution in [0, 0.1) is 0 Å². The lowest BCUT2D eigenvalue weighted by atomic mass is 9.97. The molecule has 0 aliphatic carbocycles. The normalized spacial score (nSPS) is 21.1. The molecule has 5 rings (SSSR count). The third-order valence-corrected chi connectivity index (χ3v) is 7.81. The van der Waals surface area contributed by atoms with Crippen LogP contribution in [0.25, 0.3) is 11.0 Å². The molecule has 2 aliphatic rings. The van der Waals surface area contributed by atoms with E-state index in [0.29, 0.717) is 6.42 Å². The molecule has 2 aromatic carbocycles. The van der Waals surface area contributed by atoms with Gasteiger partial charge < -0.3 is 10.3 Å². The minimum absolute atomic E-state index is 0.0324. The van der Waals surface area contributed by atoms with E-state index < -0.39 is 21.9 Å². The van der Waals surface area contributed by atoms with Crippen molar-refractivity contribution in [2.45, 2.75) is 31.3 Å². The second-order valence-electron chi connectivity index (χ2n) is 8.34. The number of rotatable bonds is 5. The molecular weight excluding hydrogens is 442 g/mol. The Kier molecular flexibility index (Phi) is 5.45. The summed E-state index contributed by atoms with van der Waals surface area (Å²) in [5.74, 6) is -0.719. The Labute approximate surface area is 190 Å². The van der Waals surface area contributed by atoms with Crippen molar-refractivity contribution in [3.05, 3.63) is 66.0 Å². The van der Waals surface area contributed by atoms with Crippen molar-refractivity contribution in [1.29, 1.82) is 0 Å². The Morgan fingerprint density at radius 2 is 1.94 bits per heavy atom. The fraction of sp³-hybridized carbons (Fsp3) is 0.304. The van der Waals surface area contributed by atoms with Gasteiger partial charge in [0, 0.05) is 12.8 Å². The number of carbonyl (C=O) groups is 2. The van der Waals surface area contributed by atoms with E-state index in [-0.39, 0.29) is 41.9 Å². The number of imidazole rings is 1. The summed E-state index contributed by atoms with van der Waals surface area (Å²) in [6.07, 6.45) is 2.29. The van der Waals surface area contributed by atoms with Crippen molar-refractivity contribution in [2.24, 2.45) is 5.10 Å². The minimum Gasteiger partial charge on any atom is -0.345 e. The lowest BCUT2D eigenvalue weighted by molar-refractivity contribution is -0.133. The number of hydrogen-bond donors (Lipinski definition) is 2. The number of fused-ring (bicyclic) bond motifs is 1. The van der Waals surface area contributed by atoms with Gasteiger partial charge in [-0.3, -0.25) is 9.59 Å². The zero-order valence-corrected chi connectivity index (χ0v) is 18.6. The molecule has 2 aliphatic heterocycles. The van der Waals surface area contributed by atoms with E-state index in [1.807, 2.05) is 48.5 Å². The third-order valence-electron chi connectivity index (χ3n) is 6.06. The maximum Gasteiger partial charge on any atom is 0.268 e. The largest absolute Gasteiger partial charge is 0.345 e. The summed E-state index contributed by atoms with van der Waals surface area (Å²) in [4.78, 5) is 33.0. The number of nitrogens with one attached hydrogen (secondary N) is 2. The van der Waals surface area contributed by atoms with Gasteiger partial charge in [-0.1, -0.05) is 36.4 Å². The van der Waals surface area contributed by atoms with E-state index >= 15 is 0 Å². The third kappa shape index (κ3) is 4.38. The van der Waals surface area contributed by atoms with Crippen LogP contribution in [0.4, 0.5) is 0 Å². The van der Waals surface area contributed by atoms with Gasteiger partial charge in [-0.2, -0.15) is 5.10 Å². The van der Waals surface area contributed by atoms with Crippen molar-refractivity contribution in [3.63, 3.8) is 0 Å². The summed E-state index contributed by atoms with van der Waals surface area (Å²) in [5, 5.41) is 8.56. The summed E-state index contributed by atoms with van der Waals surface area (Å²) in [5.41, 5.74) is 3.68. The number of amides is 2. The molecule has 1 saturated heterocycles. The standard InChI is InChI=1S/C23H23N5O4S/c29-21-9-8-19(27-28(21)17-10-11-33(31,32)13-17)23(30)26-22(15-4-2-1-3-5-15)16-6-7-18-20(12-16)25-14-24-18/h1-7,12,14,17,22H,8-11,13H2,(H,24,25)(H,26,30)/t17-,22+/m0/s1.